The van der Waals surface area contributed by atoms with E-state index in [2.05, 4.69) is 5.32 Å². The normalized spacial score (nSPS) is 28.2. The van der Waals surface area contributed by atoms with Crippen LogP contribution in [0.15, 0.2) is 24.3 Å². The lowest BCUT2D eigenvalue weighted by Crippen LogP contribution is -2.46. The number of hydrogen-bond donors (Lipinski definition) is 1. The molecule has 4 nitrogen and oxygen atoms in total. The molecular formula is C14H14N2O2S. The second-order valence-electron chi connectivity index (χ2n) is 5.28. The van der Waals surface area contributed by atoms with Crippen LogP contribution in [0.3, 0.4) is 0 Å². The maximum atomic E-state index is 12.4. The number of rotatable bonds is 2. The van der Waals surface area contributed by atoms with Crippen LogP contribution >= 0.6 is 11.8 Å². The van der Waals surface area contributed by atoms with E-state index >= 15 is 0 Å². The van der Waals surface area contributed by atoms with Gasteiger partial charge in [-0.15, -0.1) is 11.8 Å². The minimum Gasteiger partial charge on any atom is -0.352 e. The fraction of sp³-hybridized carbons (Fsp3) is 0.429. The van der Waals surface area contributed by atoms with Crippen LogP contribution < -0.4 is 5.32 Å². The van der Waals surface area contributed by atoms with Crippen LogP contribution in [0.25, 0.3) is 0 Å². The zero-order chi connectivity index (χ0) is 13.0. The summed E-state index contributed by atoms with van der Waals surface area (Å²) in [4.78, 5) is 26.4. The SMILES string of the molecule is O=C(NC1CC1)[C@@H]1CS[C@@H]2c3ccccc3C(=O)N21. The van der Waals surface area contributed by atoms with E-state index in [1.54, 1.807) is 16.7 Å². The fourth-order valence-electron chi connectivity index (χ4n) is 2.77. The number of benzene rings is 1. The molecule has 2 heterocycles. The van der Waals surface area contributed by atoms with Gasteiger partial charge in [0.15, 0.2) is 0 Å². The molecule has 1 saturated carbocycles. The minimum atomic E-state index is -0.310. The third-order valence-corrected chi connectivity index (χ3v) is 5.22. The predicted octanol–water partition coefficient (Wildman–Crippen LogP) is 1.53. The van der Waals surface area contributed by atoms with Crippen molar-refractivity contribution in [1.29, 1.82) is 0 Å². The summed E-state index contributed by atoms with van der Waals surface area (Å²) in [5.74, 6) is 0.712. The smallest absolute Gasteiger partial charge is 0.256 e. The highest BCUT2D eigenvalue weighted by atomic mass is 32.2. The van der Waals surface area contributed by atoms with Gasteiger partial charge in [-0.05, 0) is 24.5 Å². The Labute approximate surface area is 115 Å². The molecule has 1 aliphatic carbocycles. The van der Waals surface area contributed by atoms with Crippen LogP contribution in [0.1, 0.15) is 34.1 Å². The van der Waals surface area contributed by atoms with Crippen LogP contribution in [-0.4, -0.2) is 34.6 Å². The third kappa shape index (κ3) is 1.68. The first-order valence-electron chi connectivity index (χ1n) is 6.59. The molecule has 0 radical (unpaired) electrons. The Kier molecular flexibility index (Phi) is 2.39. The molecule has 0 spiro atoms. The molecule has 1 aromatic rings. The number of amides is 2. The monoisotopic (exact) mass is 274 g/mol. The number of nitrogens with zero attached hydrogens (tertiary/aromatic N) is 1. The molecule has 3 aliphatic rings. The Morgan fingerprint density at radius 3 is 2.89 bits per heavy atom. The summed E-state index contributed by atoms with van der Waals surface area (Å²) >= 11 is 1.69. The molecule has 4 rings (SSSR count). The number of carbonyl (C=O) groups excluding carboxylic acids is 2. The Bertz CT molecular complexity index is 570. The molecule has 1 N–H and O–H groups in total. The Morgan fingerprint density at radius 2 is 2.11 bits per heavy atom. The van der Waals surface area contributed by atoms with Crippen LogP contribution in [0.2, 0.25) is 0 Å². The average molecular weight is 274 g/mol. The highest BCUT2D eigenvalue weighted by Gasteiger charge is 2.48. The van der Waals surface area contributed by atoms with Gasteiger partial charge in [-0.2, -0.15) is 0 Å². The second-order valence-corrected chi connectivity index (χ2v) is 6.40. The quantitative estimate of drug-likeness (QED) is 0.890. The molecule has 2 amide bonds. The zero-order valence-electron chi connectivity index (χ0n) is 10.3. The summed E-state index contributed by atoms with van der Waals surface area (Å²) in [6, 6.07) is 7.71. The maximum absolute atomic E-state index is 12.4. The maximum Gasteiger partial charge on any atom is 0.256 e. The van der Waals surface area contributed by atoms with E-state index in [1.807, 2.05) is 24.3 Å². The van der Waals surface area contributed by atoms with E-state index < -0.39 is 0 Å². The Balaban J connectivity index is 1.63. The number of hydrogen-bond acceptors (Lipinski definition) is 3. The predicted molar refractivity (Wildman–Crippen MR) is 72.8 cm³/mol. The summed E-state index contributed by atoms with van der Waals surface area (Å²) in [6.45, 7) is 0. The lowest BCUT2D eigenvalue weighted by atomic mass is 10.1. The van der Waals surface area contributed by atoms with E-state index in [9.17, 15) is 9.59 Å². The molecule has 1 aromatic carbocycles. The highest BCUT2D eigenvalue weighted by molar-refractivity contribution is 7.99. The van der Waals surface area contributed by atoms with Gasteiger partial charge >= 0.3 is 0 Å². The lowest BCUT2D eigenvalue weighted by Gasteiger charge is -2.22. The first kappa shape index (κ1) is 11.3. The molecule has 19 heavy (non-hydrogen) atoms. The van der Waals surface area contributed by atoms with Gasteiger partial charge in [-0.25, -0.2) is 0 Å². The summed E-state index contributed by atoms with van der Waals surface area (Å²) in [5, 5.41) is 3.04. The molecule has 98 valence electrons. The van der Waals surface area contributed by atoms with Crippen molar-refractivity contribution in [2.45, 2.75) is 30.3 Å². The number of carbonyl (C=O) groups is 2. The van der Waals surface area contributed by atoms with Gasteiger partial charge in [0.05, 0.1) is 0 Å². The Morgan fingerprint density at radius 1 is 1.32 bits per heavy atom. The summed E-state index contributed by atoms with van der Waals surface area (Å²) in [7, 11) is 0. The molecule has 2 fully saturated rings. The van der Waals surface area contributed by atoms with Gasteiger partial charge in [-0.3, -0.25) is 9.59 Å². The molecule has 1 saturated heterocycles. The van der Waals surface area contributed by atoms with Crippen molar-refractivity contribution in [1.82, 2.24) is 10.2 Å². The molecule has 0 unspecified atom stereocenters. The third-order valence-electron chi connectivity index (χ3n) is 3.92. The first-order chi connectivity index (χ1) is 9.25. The van der Waals surface area contributed by atoms with E-state index in [0.717, 1.165) is 24.0 Å². The van der Waals surface area contributed by atoms with E-state index in [0.29, 0.717) is 11.8 Å². The standard InChI is InChI=1S/C14H14N2O2S/c17-12(15-8-5-6-8)11-7-19-14-10-4-2-1-3-9(10)13(18)16(11)14/h1-4,8,11,14H,5-7H2,(H,15,17)/t11-,14+/m0/s1. The van der Waals surface area contributed by atoms with Gasteiger partial charge < -0.3 is 10.2 Å². The summed E-state index contributed by atoms with van der Waals surface area (Å²) in [5.41, 5.74) is 1.81. The van der Waals surface area contributed by atoms with Crippen molar-refractivity contribution in [2.24, 2.45) is 0 Å². The van der Waals surface area contributed by atoms with Gasteiger partial charge in [0, 0.05) is 17.4 Å². The van der Waals surface area contributed by atoms with Crippen LogP contribution in [0.5, 0.6) is 0 Å². The minimum absolute atomic E-state index is 0.00143. The Hall–Kier alpha value is -1.49. The largest absolute Gasteiger partial charge is 0.352 e. The zero-order valence-corrected chi connectivity index (χ0v) is 11.2. The molecule has 0 bridgehead atoms. The van der Waals surface area contributed by atoms with Crippen molar-refractivity contribution in [2.75, 3.05) is 5.75 Å². The van der Waals surface area contributed by atoms with E-state index in [4.69, 9.17) is 0 Å². The molecular weight excluding hydrogens is 260 g/mol. The molecule has 5 heteroatoms. The fourth-order valence-corrected chi connectivity index (χ4v) is 4.23. The van der Waals surface area contributed by atoms with Crippen molar-refractivity contribution in [3.63, 3.8) is 0 Å². The second kappa shape index (κ2) is 4.00. The van der Waals surface area contributed by atoms with Crippen molar-refractivity contribution < 1.29 is 9.59 Å². The van der Waals surface area contributed by atoms with Gasteiger partial charge in [0.2, 0.25) is 5.91 Å². The summed E-state index contributed by atoms with van der Waals surface area (Å²) in [6.07, 6.45) is 2.15. The topological polar surface area (TPSA) is 49.4 Å². The van der Waals surface area contributed by atoms with Gasteiger partial charge in [-0.1, -0.05) is 18.2 Å². The lowest BCUT2D eigenvalue weighted by molar-refractivity contribution is -0.124. The van der Waals surface area contributed by atoms with Crippen LogP contribution in [-0.2, 0) is 4.79 Å². The summed E-state index contributed by atoms with van der Waals surface area (Å²) < 4.78 is 0. The van der Waals surface area contributed by atoms with Crippen molar-refractivity contribution in [3.8, 4) is 0 Å². The number of thioether (sulfide) groups is 1. The molecule has 0 aromatic heterocycles. The van der Waals surface area contributed by atoms with Gasteiger partial charge in [0.1, 0.15) is 11.4 Å². The van der Waals surface area contributed by atoms with Crippen LogP contribution in [0, 0.1) is 0 Å². The molecule has 2 aliphatic heterocycles. The van der Waals surface area contributed by atoms with Gasteiger partial charge in [0.25, 0.3) is 5.91 Å². The van der Waals surface area contributed by atoms with Crippen molar-refractivity contribution >= 4 is 23.6 Å². The van der Waals surface area contributed by atoms with Crippen molar-refractivity contribution in [3.05, 3.63) is 35.4 Å². The van der Waals surface area contributed by atoms with E-state index in [1.165, 1.54) is 0 Å². The highest BCUT2D eigenvalue weighted by Crippen LogP contribution is 2.48. The average Bonchev–Trinajstić information content (AvgIpc) is 3.04. The van der Waals surface area contributed by atoms with Crippen LogP contribution in [0.4, 0.5) is 0 Å². The van der Waals surface area contributed by atoms with E-state index in [-0.39, 0.29) is 23.2 Å². The first-order valence-corrected chi connectivity index (χ1v) is 7.64. The number of fused-ring (bicyclic) bond motifs is 3. The molecule has 2 atom stereocenters. The number of nitrogens with one attached hydrogen (secondary N) is 1.